The third-order valence-corrected chi connectivity index (χ3v) is 3.93. The molecule has 24 heavy (non-hydrogen) atoms. The summed E-state index contributed by atoms with van der Waals surface area (Å²) in [5.41, 5.74) is 1.60. The molecule has 0 aliphatic rings. The van der Waals surface area contributed by atoms with E-state index in [9.17, 15) is 19.1 Å². The second-order valence-corrected chi connectivity index (χ2v) is 6.35. The SMILES string of the molecule is CC(C)CC(CC(=O)c1ccc(-c2ccccc2F)cc1)C(=O)O. The fraction of sp³-hybridized carbons (Fsp3) is 0.300. The summed E-state index contributed by atoms with van der Waals surface area (Å²) in [6.07, 6.45) is 0.445. The maximum absolute atomic E-state index is 13.8. The number of ketones is 1. The average molecular weight is 328 g/mol. The molecule has 0 aliphatic carbocycles. The monoisotopic (exact) mass is 328 g/mol. The van der Waals surface area contributed by atoms with Crippen molar-refractivity contribution < 1.29 is 19.1 Å². The largest absolute Gasteiger partial charge is 0.481 e. The van der Waals surface area contributed by atoms with Gasteiger partial charge in [0.05, 0.1) is 5.92 Å². The Morgan fingerprint density at radius 2 is 1.67 bits per heavy atom. The van der Waals surface area contributed by atoms with Crippen molar-refractivity contribution in [1.29, 1.82) is 0 Å². The number of benzene rings is 2. The van der Waals surface area contributed by atoms with Crippen LogP contribution in [0, 0.1) is 17.7 Å². The molecule has 0 saturated carbocycles. The number of carbonyl (C=O) groups excluding carboxylic acids is 1. The zero-order valence-corrected chi connectivity index (χ0v) is 13.8. The summed E-state index contributed by atoms with van der Waals surface area (Å²) in [5.74, 6) is -1.94. The molecule has 2 aromatic rings. The lowest BCUT2D eigenvalue weighted by Gasteiger charge is -2.14. The first-order valence-electron chi connectivity index (χ1n) is 7.99. The van der Waals surface area contributed by atoms with Crippen LogP contribution >= 0.6 is 0 Å². The maximum Gasteiger partial charge on any atom is 0.306 e. The Bertz CT molecular complexity index is 720. The van der Waals surface area contributed by atoms with Crippen LogP contribution in [0.5, 0.6) is 0 Å². The Kier molecular flexibility index (Phi) is 5.85. The molecular formula is C20H21FO3. The van der Waals surface area contributed by atoms with Gasteiger partial charge in [0.25, 0.3) is 0 Å². The van der Waals surface area contributed by atoms with Crippen LogP contribution in [-0.4, -0.2) is 16.9 Å². The van der Waals surface area contributed by atoms with E-state index < -0.39 is 11.9 Å². The van der Waals surface area contributed by atoms with E-state index in [0.717, 1.165) is 0 Å². The predicted molar refractivity (Wildman–Crippen MR) is 91.4 cm³/mol. The van der Waals surface area contributed by atoms with Crippen LogP contribution in [-0.2, 0) is 4.79 Å². The van der Waals surface area contributed by atoms with Gasteiger partial charge in [-0.3, -0.25) is 9.59 Å². The molecule has 0 heterocycles. The lowest BCUT2D eigenvalue weighted by Crippen LogP contribution is -2.20. The second kappa shape index (κ2) is 7.86. The molecule has 1 N–H and O–H groups in total. The Balaban J connectivity index is 2.14. The summed E-state index contributed by atoms with van der Waals surface area (Å²) >= 11 is 0. The molecular weight excluding hydrogens is 307 g/mol. The number of carboxylic acid groups (broad SMARTS) is 1. The fourth-order valence-electron chi connectivity index (χ4n) is 2.71. The Morgan fingerprint density at radius 3 is 2.21 bits per heavy atom. The van der Waals surface area contributed by atoms with Crippen molar-refractivity contribution in [3.05, 3.63) is 59.9 Å². The Labute approximate surface area is 141 Å². The van der Waals surface area contributed by atoms with Gasteiger partial charge in [-0.1, -0.05) is 56.3 Å². The van der Waals surface area contributed by atoms with Gasteiger partial charge in [0.2, 0.25) is 0 Å². The van der Waals surface area contributed by atoms with Crippen LogP contribution in [0.4, 0.5) is 4.39 Å². The highest BCUT2D eigenvalue weighted by atomic mass is 19.1. The number of carboxylic acids is 1. The van der Waals surface area contributed by atoms with Crippen LogP contribution < -0.4 is 0 Å². The third kappa shape index (κ3) is 4.51. The predicted octanol–water partition coefficient (Wildman–Crippen LogP) is 4.81. The molecule has 0 aromatic heterocycles. The summed E-state index contributed by atoms with van der Waals surface area (Å²) in [4.78, 5) is 23.6. The van der Waals surface area contributed by atoms with Gasteiger partial charge in [-0.25, -0.2) is 4.39 Å². The van der Waals surface area contributed by atoms with Crippen LogP contribution in [0.3, 0.4) is 0 Å². The van der Waals surface area contributed by atoms with E-state index in [4.69, 9.17) is 0 Å². The molecule has 2 aromatic carbocycles. The van der Waals surface area contributed by atoms with E-state index in [0.29, 0.717) is 23.1 Å². The summed E-state index contributed by atoms with van der Waals surface area (Å²) in [6.45, 7) is 3.87. The van der Waals surface area contributed by atoms with Crippen molar-refractivity contribution in [3.63, 3.8) is 0 Å². The molecule has 1 atom stereocenters. The van der Waals surface area contributed by atoms with E-state index in [2.05, 4.69) is 0 Å². The van der Waals surface area contributed by atoms with Crippen molar-refractivity contribution in [2.45, 2.75) is 26.7 Å². The standard InChI is InChI=1S/C20H21FO3/c1-13(2)11-16(20(23)24)12-19(22)15-9-7-14(8-10-15)17-5-3-4-6-18(17)21/h3-10,13,16H,11-12H2,1-2H3,(H,23,24). The molecule has 0 saturated heterocycles. The molecule has 4 heteroatoms. The maximum atomic E-state index is 13.8. The molecule has 0 radical (unpaired) electrons. The highest BCUT2D eigenvalue weighted by molar-refractivity contribution is 5.98. The van der Waals surface area contributed by atoms with Crippen molar-refractivity contribution in [2.75, 3.05) is 0 Å². The highest BCUT2D eigenvalue weighted by Crippen LogP contribution is 2.24. The second-order valence-electron chi connectivity index (χ2n) is 6.35. The number of rotatable bonds is 7. The number of Topliss-reactive ketones (excluding diaryl/α,β-unsaturated/α-hetero) is 1. The van der Waals surface area contributed by atoms with Crippen molar-refractivity contribution >= 4 is 11.8 Å². The number of hydrogen-bond acceptors (Lipinski definition) is 2. The number of carbonyl (C=O) groups is 2. The zero-order chi connectivity index (χ0) is 17.7. The van der Waals surface area contributed by atoms with Gasteiger partial charge in [0.1, 0.15) is 5.82 Å². The zero-order valence-electron chi connectivity index (χ0n) is 13.8. The van der Waals surface area contributed by atoms with Crippen molar-refractivity contribution in [2.24, 2.45) is 11.8 Å². The first-order chi connectivity index (χ1) is 11.4. The summed E-state index contributed by atoms with van der Waals surface area (Å²) < 4.78 is 13.8. The van der Waals surface area contributed by atoms with Crippen LogP contribution in [0.25, 0.3) is 11.1 Å². The van der Waals surface area contributed by atoms with E-state index in [1.54, 1.807) is 42.5 Å². The molecule has 1 unspecified atom stereocenters. The van der Waals surface area contributed by atoms with E-state index in [-0.39, 0.29) is 23.9 Å². The smallest absolute Gasteiger partial charge is 0.306 e. The molecule has 0 aliphatic heterocycles. The van der Waals surface area contributed by atoms with Gasteiger partial charge in [-0.05, 0) is 24.0 Å². The van der Waals surface area contributed by atoms with Crippen molar-refractivity contribution in [1.82, 2.24) is 0 Å². The Hall–Kier alpha value is -2.49. The normalized spacial score (nSPS) is 12.2. The first kappa shape index (κ1) is 17.9. The minimum Gasteiger partial charge on any atom is -0.481 e. The van der Waals surface area contributed by atoms with Gasteiger partial charge in [0.15, 0.2) is 5.78 Å². The molecule has 0 amide bonds. The molecule has 0 spiro atoms. The van der Waals surface area contributed by atoms with Crippen LogP contribution in [0.2, 0.25) is 0 Å². The van der Waals surface area contributed by atoms with Crippen molar-refractivity contribution in [3.8, 4) is 11.1 Å². The minimum atomic E-state index is -0.944. The fourth-order valence-corrected chi connectivity index (χ4v) is 2.71. The van der Waals surface area contributed by atoms with Gasteiger partial charge >= 0.3 is 5.97 Å². The van der Waals surface area contributed by atoms with E-state index in [1.165, 1.54) is 6.07 Å². The number of halogens is 1. The Morgan fingerprint density at radius 1 is 1.04 bits per heavy atom. The lowest BCUT2D eigenvalue weighted by atomic mass is 9.90. The lowest BCUT2D eigenvalue weighted by molar-refractivity contribution is -0.142. The van der Waals surface area contributed by atoms with E-state index >= 15 is 0 Å². The van der Waals surface area contributed by atoms with E-state index in [1.807, 2.05) is 13.8 Å². The molecule has 0 fully saturated rings. The highest BCUT2D eigenvalue weighted by Gasteiger charge is 2.23. The molecule has 3 nitrogen and oxygen atoms in total. The average Bonchev–Trinajstić information content (AvgIpc) is 2.54. The van der Waals surface area contributed by atoms with Crippen LogP contribution in [0.15, 0.2) is 48.5 Å². The molecule has 126 valence electrons. The van der Waals surface area contributed by atoms with Gasteiger partial charge in [-0.15, -0.1) is 0 Å². The first-order valence-corrected chi connectivity index (χ1v) is 7.99. The van der Waals surface area contributed by atoms with Crippen LogP contribution in [0.1, 0.15) is 37.0 Å². The van der Waals surface area contributed by atoms with Gasteiger partial charge in [0, 0.05) is 17.5 Å². The summed E-state index contributed by atoms with van der Waals surface area (Å²) in [5, 5.41) is 9.25. The minimum absolute atomic E-state index is 0.0213. The summed E-state index contributed by atoms with van der Waals surface area (Å²) in [6, 6.07) is 13.1. The third-order valence-electron chi connectivity index (χ3n) is 3.93. The molecule has 0 bridgehead atoms. The summed E-state index contributed by atoms with van der Waals surface area (Å²) in [7, 11) is 0. The quantitative estimate of drug-likeness (QED) is 0.742. The topological polar surface area (TPSA) is 54.4 Å². The number of aliphatic carboxylic acids is 1. The van der Waals surface area contributed by atoms with Gasteiger partial charge in [-0.2, -0.15) is 0 Å². The molecule has 2 rings (SSSR count). The van der Waals surface area contributed by atoms with Gasteiger partial charge < -0.3 is 5.11 Å². The number of hydrogen-bond donors (Lipinski definition) is 1.